The summed E-state index contributed by atoms with van der Waals surface area (Å²) in [6.45, 7) is 6.74. The van der Waals surface area contributed by atoms with Crippen LogP contribution >= 0.6 is 0 Å². The fourth-order valence-corrected chi connectivity index (χ4v) is 2.64. The fourth-order valence-electron chi connectivity index (χ4n) is 1.85. The molecule has 0 aliphatic heterocycles. The van der Waals surface area contributed by atoms with Crippen LogP contribution in [0.2, 0.25) is 0 Å². The third-order valence-electron chi connectivity index (χ3n) is 2.93. The van der Waals surface area contributed by atoms with Crippen molar-refractivity contribution in [1.82, 2.24) is 0 Å². The first-order valence-corrected chi connectivity index (χ1v) is 8.44. The molecule has 0 fully saturated rings. The molecule has 0 atom stereocenters. The zero-order valence-electron chi connectivity index (χ0n) is 11.4. The number of nitriles is 1. The first-order valence-electron chi connectivity index (χ1n) is 6.72. The Balaban J connectivity index is 2.67. The topological polar surface area (TPSA) is 27.0 Å². The summed E-state index contributed by atoms with van der Waals surface area (Å²) in [6, 6.07) is 8.53. The molecule has 0 aromatic heterocycles. The number of nitrogens with zero attached hydrogens (tertiary/aromatic N) is 2. The molecule has 1 aromatic carbocycles. The molecule has 0 aliphatic rings. The van der Waals surface area contributed by atoms with E-state index in [1.165, 1.54) is 35.8 Å². The molecule has 0 saturated heterocycles. The van der Waals surface area contributed by atoms with E-state index in [4.69, 9.17) is 5.26 Å². The maximum atomic E-state index is 8.70. The van der Waals surface area contributed by atoms with E-state index in [0.29, 0.717) is 0 Å². The number of benzene rings is 1. The van der Waals surface area contributed by atoms with Crippen LogP contribution in [0.4, 0.5) is 5.69 Å². The van der Waals surface area contributed by atoms with Crippen molar-refractivity contribution < 1.29 is 0 Å². The Morgan fingerprint density at radius 3 is 2.06 bits per heavy atom. The zero-order valence-corrected chi connectivity index (χ0v) is 13.1. The summed E-state index contributed by atoms with van der Waals surface area (Å²) < 4.78 is 1.17. The standard InChI is InChI=1S/C15H22N2Se/c1-3-5-11-17(12-6-4-2)14-7-9-15(10-8-14)18-13-16/h7-10H,3-6,11-12H2,1-2H3. The van der Waals surface area contributed by atoms with E-state index in [2.05, 4.69) is 48.0 Å². The zero-order chi connectivity index (χ0) is 13.2. The van der Waals surface area contributed by atoms with Gasteiger partial charge in [0.25, 0.3) is 0 Å². The van der Waals surface area contributed by atoms with Crippen LogP contribution in [-0.2, 0) is 0 Å². The predicted octanol–water partition coefficient (Wildman–Crippen LogP) is 2.90. The summed E-state index contributed by atoms with van der Waals surface area (Å²) in [5.74, 6) is 0. The van der Waals surface area contributed by atoms with Crippen molar-refractivity contribution in [2.45, 2.75) is 39.5 Å². The summed E-state index contributed by atoms with van der Waals surface area (Å²) >= 11 is -0.0316. The van der Waals surface area contributed by atoms with E-state index < -0.39 is 0 Å². The fraction of sp³-hybridized carbons (Fsp3) is 0.533. The molecular formula is C15H22N2Se. The molecule has 0 amide bonds. The first-order chi connectivity index (χ1) is 8.81. The first kappa shape index (κ1) is 15.1. The van der Waals surface area contributed by atoms with Crippen LogP contribution in [0.15, 0.2) is 24.3 Å². The molecule has 0 unspecified atom stereocenters. The molecule has 0 spiro atoms. The molecule has 1 rings (SSSR count). The Labute approximate surface area is 117 Å². The van der Waals surface area contributed by atoms with Gasteiger partial charge in [-0.25, -0.2) is 0 Å². The molecule has 0 N–H and O–H groups in total. The van der Waals surface area contributed by atoms with Crippen molar-refractivity contribution in [1.29, 1.82) is 5.26 Å². The van der Waals surface area contributed by atoms with Crippen LogP contribution in [0.5, 0.6) is 0 Å². The van der Waals surface area contributed by atoms with Gasteiger partial charge in [-0.1, -0.05) is 0 Å². The van der Waals surface area contributed by atoms with Crippen LogP contribution in [-0.4, -0.2) is 28.0 Å². The van der Waals surface area contributed by atoms with Crippen LogP contribution in [0, 0.1) is 10.2 Å². The van der Waals surface area contributed by atoms with Crippen molar-refractivity contribution in [3.8, 4) is 4.97 Å². The van der Waals surface area contributed by atoms with Gasteiger partial charge in [-0.15, -0.1) is 0 Å². The molecule has 0 bridgehead atoms. The van der Waals surface area contributed by atoms with Gasteiger partial charge in [-0.2, -0.15) is 0 Å². The van der Waals surface area contributed by atoms with Crippen LogP contribution in [0.25, 0.3) is 0 Å². The van der Waals surface area contributed by atoms with Crippen molar-refractivity contribution in [3.63, 3.8) is 0 Å². The normalized spacial score (nSPS) is 10.1. The number of unbranched alkanes of at least 4 members (excludes halogenated alkanes) is 2. The number of anilines is 1. The van der Waals surface area contributed by atoms with Gasteiger partial charge in [0.15, 0.2) is 0 Å². The average Bonchev–Trinajstić information content (AvgIpc) is 2.41. The molecule has 3 heteroatoms. The molecule has 18 heavy (non-hydrogen) atoms. The minimum absolute atomic E-state index is 0.0316. The molecule has 0 saturated carbocycles. The van der Waals surface area contributed by atoms with E-state index in [-0.39, 0.29) is 15.0 Å². The average molecular weight is 309 g/mol. The third kappa shape index (κ3) is 5.12. The van der Waals surface area contributed by atoms with Crippen molar-refractivity contribution in [2.75, 3.05) is 18.0 Å². The molecule has 98 valence electrons. The van der Waals surface area contributed by atoms with Crippen molar-refractivity contribution in [3.05, 3.63) is 24.3 Å². The number of hydrogen-bond acceptors (Lipinski definition) is 2. The van der Waals surface area contributed by atoms with Gasteiger partial charge in [-0.05, 0) is 0 Å². The number of hydrogen-bond donors (Lipinski definition) is 0. The second kappa shape index (κ2) is 9.03. The summed E-state index contributed by atoms with van der Waals surface area (Å²) in [5.41, 5.74) is 1.30. The summed E-state index contributed by atoms with van der Waals surface area (Å²) in [5, 5.41) is 8.70. The van der Waals surface area contributed by atoms with E-state index in [1.54, 1.807) is 0 Å². The summed E-state index contributed by atoms with van der Waals surface area (Å²) in [6.07, 6.45) is 4.96. The van der Waals surface area contributed by atoms with Gasteiger partial charge in [0.2, 0.25) is 0 Å². The van der Waals surface area contributed by atoms with Crippen LogP contribution < -0.4 is 9.36 Å². The Bertz CT molecular complexity index is 359. The van der Waals surface area contributed by atoms with Crippen molar-refractivity contribution >= 4 is 25.1 Å². The van der Waals surface area contributed by atoms with Gasteiger partial charge in [0, 0.05) is 0 Å². The van der Waals surface area contributed by atoms with Gasteiger partial charge < -0.3 is 0 Å². The van der Waals surface area contributed by atoms with Crippen LogP contribution in [0.1, 0.15) is 39.5 Å². The van der Waals surface area contributed by atoms with E-state index in [0.717, 1.165) is 13.1 Å². The second-order valence-electron chi connectivity index (χ2n) is 4.38. The van der Waals surface area contributed by atoms with E-state index in [9.17, 15) is 0 Å². The maximum absolute atomic E-state index is 8.70. The van der Waals surface area contributed by atoms with Gasteiger partial charge in [-0.3, -0.25) is 0 Å². The number of rotatable bonds is 8. The SMILES string of the molecule is CCCCN(CCCC)c1ccc([Se]C#N)cc1. The Hall–Kier alpha value is -0.971. The summed E-state index contributed by atoms with van der Waals surface area (Å²) in [7, 11) is 0. The molecule has 0 heterocycles. The molecule has 0 aliphatic carbocycles. The minimum atomic E-state index is -0.0316. The van der Waals surface area contributed by atoms with Gasteiger partial charge in [0.1, 0.15) is 0 Å². The quantitative estimate of drug-likeness (QED) is 0.690. The summed E-state index contributed by atoms with van der Waals surface area (Å²) in [4.78, 5) is 4.72. The Morgan fingerprint density at radius 1 is 1.06 bits per heavy atom. The molecule has 2 nitrogen and oxygen atoms in total. The molecule has 0 radical (unpaired) electrons. The van der Waals surface area contributed by atoms with Gasteiger partial charge >= 0.3 is 117 Å². The van der Waals surface area contributed by atoms with Crippen molar-refractivity contribution in [2.24, 2.45) is 0 Å². The molecule has 1 aromatic rings. The van der Waals surface area contributed by atoms with E-state index >= 15 is 0 Å². The van der Waals surface area contributed by atoms with Gasteiger partial charge in [0.05, 0.1) is 0 Å². The van der Waals surface area contributed by atoms with Crippen LogP contribution in [0.3, 0.4) is 0 Å². The predicted molar refractivity (Wildman–Crippen MR) is 79.5 cm³/mol. The Kier molecular flexibility index (Phi) is 7.57. The monoisotopic (exact) mass is 310 g/mol. The molecular weight excluding hydrogens is 287 g/mol. The second-order valence-corrected chi connectivity index (χ2v) is 6.18. The van der Waals surface area contributed by atoms with E-state index in [1.807, 2.05) is 0 Å². The third-order valence-corrected chi connectivity index (χ3v) is 4.19. The Morgan fingerprint density at radius 2 is 1.61 bits per heavy atom.